The van der Waals surface area contributed by atoms with Crippen molar-refractivity contribution in [3.63, 3.8) is 0 Å². The third-order valence-electron chi connectivity index (χ3n) is 0. The van der Waals surface area contributed by atoms with Gasteiger partial charge in [-0.2, -0.15) is 0 Å². The Balaban J connectivity index is 0. The summed E-state index contributed by atoms with van der Waals surface area (Å²) in [5.41, 5.74) is 0. The molecule has 3 heteroatoms. The molecule has 0 saturated carbocycles. The van der Waals surface area contributed by atoms with Gasteiger partial charge >= 0.3 is 0 Å². The van der Waals surface area contributed by atoms with Crippen molar-refractivity contribution in [2.45, 2.75) is 7.43 Å². The van der Waals surface area contributed by atoms with Crippen LogP contribution in [0.4, 0.5) is 0 Å². The SMILES string of the molecule is C.[Cr].[Cu].[Ni]. The third kappa shape index (κ3) is 9.62. The van der Waals surface area contributed by atoms with Crippen LogP contribution in [-0.4, -0.2) is 0 Å². The quantitative estimate of drug-likeness (QED) is 0.491. The van der Waals surface area contributed by atoms with Crippen molar-refractivity contribution in [2.24, 2.45) is 0 Å². The first-order valence-electron chi connectivity index (χ1n) is 0. The Morgan fingerprint density at radius 3 is 1.00 bits per heavy atom. The van der Waals surface area contributed by atoms with Crippen molar-refractivity contribution in [2.75, 3.05) is 0 Å². The third-order valence-corrected chi connectivity index (χ3v) is 0. The Hall–Kier alpha value is 1.55. The summed E-state index contributed by atoms with van der Waals surface area (Å²) in [6.45, 7) is 0. The number of rotatable bonds is 0. The van der Waals surface area contributed by atoms with Crippen molar-refractivity contribution >= 4 is 0 Å². The first kappa shape index (κ1) is 48.0. The van der Waals surface area contributed by atoms with Gasteiger partial charge in [-0.05, 0) is 0 Å². The Morgan fingerprint density at radius 2 is 1.00 bits per heavy atom. The van der Waals surface area contributed by atoms with Gasteiger partial charge in [-0.3, -0.25) is 0 Å². The molecule has 4 heavy (non-hydrogen) atoms. The van der Waals surface area contributed by atoms with Gasteiger partial charge in [0.2, 0.25) is 0 Å². The molecule has 0 bridgehead atoms. The van der Waals surface area contributed by atoms with Crippen LogP contribution >= 0.6 is 0 Å². The zero-order valence-electron chi connectivity index (χ0n) is 1.03. The Bertz CT molecular complexity index is 8.00. The van der Waals surface area contributed by atoms with Crippen molar-refractivity contribution in [3.8, 4) is 0 Å². The molecule has 0 aliphatic heterocycles. The van der Waals surface area contributed by atoms with Crippen LogP contribution in [0, 0.1) is 0 Å². The fraction of sp³-hybridized carbons (Fsp3) is 1.00. The molecule has 0 unspecified atom stereocenters. The van der Waals surface area contributed by atoms with Gasteiger partial charge in [0.15, 0.2) is 0 Å². The van der Waals surface area contributed by atoms with Gasteiger partial charge in [0.25, 0.3) is 0 Å². The zero-order chi connectivity index (χ0) is 0. The van der Waals surface area contributed by atoms with E-state index < -0.39 is 0 Å². The van der Waals surface area contributed by atoms with E-state index in [-0.39, 0.29) is 58.3 Å². The van der Waals surface area contributed by atoms with Crippen LogP contribution < -0.4 is 0 Å². The predicted molar refractivity (Wildman–Crippen MR) is 6.73 cm³/mol. The van der Waals surface area contributed by atoms with Gasteiger partial charge in [-0.1, -0.05) is 7.43 Å². The van der Waals surface area contributed by atoms with E-state index in [1.165, 1.54) is 0 Å². The fourth-order valence-corrected chi connectivity index (χ4v) is 0. The van der Waals surface area contributed by atoms with E-state index in [1.807, 2.05) is 0 Å². The smallest absolute Gasteiger partial charge is 0 e. The average molecular weight is 190 g/mol. The van der Waals surface area contributed by atoms with Crippen molar-refractivity contribution in [1.29, 1.82) is 0 Å². The van der Waals surface area contributed by atoms with E-state index >= 15 is 0 Å². The summed E-state index contributed by atoms with van der Waals surface area (Å²) in [6, 6.07) is 0. The molecule has 0 aromatic heterocycles. The summed E-state index contributed by atoms with van der Waals surface area (Å²) in [7, 11) is 0. The summed E-state index contributed by atoms with van der Waals surface area (Å²) in [5, 5.41) is 0. The van der Waals surface area contributed by atoms with Gasteiger partial charge in [0.05, 0.1) is 0 Å². The van der Waals surface area contributed by atoms with Crippen molar-refractivity contribution in [3.05, 3.63) is 0 Å². The van der Waals surface area contributed by atoms with E-state index in [2.05, 4.69) is 0 Å². The van der Waals surface area contributed by atoms with Crippen LogP contribution in [0.5, 0.6) is 0 Å². The molecule has 0 aromatic rings. The first-order valence-corrected chi connectivity index (χ1v) is 0. The summed E-state index contributed by atoms with van der Waals surface area (Å²) in [5.74, 6) is 0. The second kappa shape index (κ2) is 23.9. The molecule has 0 nitrogen and oxygen atoms in total. The van der Waals surface area contributed by atoms with Crippen LogP contribution in [0.1, 0.15) is 7.43 Å². The second-order valence-corrected chi connectivity index (χ2v) is 0. The van der Waals surface area contributed by atoms with E-state index in [1.54, 1.807) is 0 Å². The predicted octanol–water partition coefficient (Wildman–Crippen LogP) is 0.629. The van der Waals surface area contributed by atoms with E-state index in [4.69, 9.17) is 0 Å². The molecule has 0 rings (SSSR count). The Kier molecular flexibility index (Phi) is 287. The standard InChI is InChI=1S/CH4.Cr.Cu.Ni/h1H4;;;. The molecular weight excluding hydrogens is 186 g/mol. The molecule has 0 atom stereocenters. The summed E-state index contributed by atoms with van der Waals surface area (Å²) >= 11 is 0. The Labute approximate surface area is 58.3 Å². The van der Waals surface area contributed by atoms with Crippen LogP contribution in [0.25, 0.3) is 0 Å². The summed E-state index contributed by atoms with van der Waals surface area (Å²) in [4.78, 5) is 0. The first-order chi connectivity index (χ1) is 0. The second-order valence-electron chi connectivity index (χ2n) is 0. The van der Waals surface area contributed by atoms with Crippen LogP contribution in [0.15, 0.2) is 0 Å². The Morgan fingerprint density at radius 1 is 1.00 bits per heavy atom. The topological polar surface area (TPSA) is 0 Å². The van der Waals surface area contributed by atoms with Gasteiger partial charge < -0.3 is 0 Å². The molecule has 0 heterocycles. The minimum absolute atomic E-state index is 0. The molecule has 0 aliphatic rings. The molecule has 0 N–H and O–H groups in total. The van der Waals surface area contributed by atoms with Gasteiger partial charge in [0, 0.05) is 50.9 Å². The molecule has 35 valence electrons. The summed E-state index contributed by atoms with van der Waals surface area (Å²) < 4.78 is 0. The van der Waals surface area contributed by atoms with Crippen LogP contribution in [0.3, 0.4) is 0 Å². The van der Waals surface area contributed by atoms with E-state index in [0.717, 1.165) is 0 Å². The molecule has 1 radical (unpaired) electrons. The maximum atomic E-state index is 0. The van der Waals surface area contributed by atoms with Gasteiger partial charge in [-0.15, -0.1) is 0 Å². The molecular formula is CH4CrCuNi. The molecule has 0 aromatic carbocycles. The maximum Gasteiger partial charge on any atom is 0 e. The average Bonchev–Trinajstić information content (AvgIpc) is 0. The molecule has 0 amide bonds. The minimum Gasteiger partial charge on any atom is -0.0776 e. The minimum atomic E-state index is 0. The molecule has 0 saturated heterocycles. The summed E-state index contributed by atoms with van der Waals surface area (Å²) in [6.07, 6.45) is 0. The zero-order valence-corrected chi connectivity index (χ0v) is 4.23. The van der Waals surface area contributed by atoms with Crippen LogP contribution in [-0.2, 0) is 50.9 Å². The maximum absolute atomic E-state index is 0. The van der Waals surface area contributed by atoms with Gasteiger partial charge in [0.1, 0.15) is 0 Å². The molecule has 0 fully saturated rings. The monoisotopic (exact) mass is 189 g/mol. The molecule has 0 spiro atoms. The van der Waals surface area contributed by atoms with E-state index in [9.17, 15) is 0 Å². The number of hydrogen-bond acceptors (Lipinski definition) is 0. The van der Waals surface area contributed by atoms with E-state index in [0.29, 0.717) is 0 Å². The number of hydrogen-bond donors (Lipinski definition) is 0. The fourth-order valence-electron chi connectivity index (χ4n) is 0. The molecule has 0 aliphatic carbocycles. The van der Waals surface area contributed by atoms with Crippen LogP contribution in [0.2, 0.25) is 0 Å². The normalized spacial score (nSPS) is 0. The van der Waals surface area contributed by atoms with Gasteiger partial charge in [-0.25, -0.2) is 0 Å². The largest absolute Gasteiger partial charge is 0.0776 e. The van der Waals surface area contributed by atoms with Crippen molar-refractivity contribution in [1.82, 2.24) is 0 Å². The van der Waals surface area contributed by atoms with Crippen molar-refractivity contribution < 1.29 is 50.9 Å².